The second-order valence-corrected chi connectivity index (χ2v) is 9.03. The van der Waals surface area contributed by atoms with Gasteiger partial charge in [-0.2, -0.15) is 0 Å². The van der Waals surface area contributed by atoms with Gasteiger partial charge in [0.2, 0.25) is 0 Å². The average molecular weight is 511 g/mol. The summed E-state index contributed by atoms with van der Waals surface area (Å²) in [5.41, 5.74) is 2.11. The molecule has 3 aromatic rings. The maximum absolute atomic E-state index is 12.5. The first-order valence-electron chi connectivity index (χ1n) is 11.3. The van der Waals surface area contributed by atoms with Crippen LogP contribution in [0.2, 0.25) is 10.0 Å². The summed E-state index contributed by atoms with van der Waals surface area (Å²) in [6.45, 7) is 0.317. The Morgan fingerprint density at radius 2 is 1.83 bits per heavy atom. The van der Waals surface area contributed by atoms with Crippen molar-refractivity contribution < 1.29 is 24.2 Å². The number of ketones is 1. The molecule has 1 aliphatic rings. The van der Waals surface area contributed by atoms with Gasteiger partial charge in [-0.1, -0.05) is 53.6 Å². The van der Waals surface area contributed by atoms with Crippen molar-refractivity contribution in [2.45, 2.75) is 31.6 Å². The van der Waals surface area contributed by atoms with Crippen molar-refractivity contribution in [1.29, 1.82) is 0 Å². The van der Waals surface area contributed by atoms with Gasteiger partial charge in [-0.05, 0) is 61.2 Å². The van der Waals surface area contributed by atoms with E-state index in [1.807, 2.05) is 36.4 Å². The Hall–Kier alpha value is -3.28. The molecule has 0 saturated heterocycles. The summed E-state index contributed by atoms with van der Waals surface area (Å²) in [6, 6.07) is 17.7. The molecule has 180 valence electrons. The smallest absolute Gasteiger partial charge is 0.311 e. The highest BCUT2D eigenvalue weighted by atomic mass is 35.5. The number of allylic oxidation sites excluding steroid dienone is 1. The molecule has 0 amide bonds. The predicted octanol–water partition coefficient (Wildman–Crippen LogP) is 7.80. The molecule has 1 N–H and O–H groups in total. The van der Waals surface area contributed by atoms with E-state index in [2.05, 4.69) is 0 Å². The third-order valence-corrected chi connectivity index (χ3v) is 6.42. The van der Waals surface area contributed by atoms with Crippen molar-refractivity contribution in [3.8, 4) is 17.2 Å². The molecule has 0 spiro atoms. The van der Waals surface area contributed by atoms with Crippen LogP contribution in [0, 0.1) is 0 Å². The Bertz CT molecular complexity index is 1250. The number of carbonyl (C=O) groups excluding carboxylic acids is 1. The Labute approximate surface area is 213 Å². The van der Waals surface area contributed by atoms with Crippen molar-refractivity contribution in [2.75, 3.05) is 6.61 Å². The maximum Gasteiger partial charge on any atom is 0.311 e. The molecule has 0 aromatic heterocycles. The molecule has 7 heteroatoms. The van der Waals surface area contributed by atoms with E-state index in [1.54, 1.807) is 36.4 Å². The van der Waals surface area contributed by atoms with Crippen molar-refractivity contribution in [3.05, 3.63) is 93.5 Å². The van der Waals surface area contributed by atoms with E-state index in [0.717, 1.165) is 18.4 Å². The second-order valence-electron chi connectivity index (χ2n) is 8.21. The van der Waals surface area contributed by atoms with E-state index in [4.69, 9.17) is 32.7 Å². The lowest BCUT2D eigenvalue weighted by Crippen LogP contribution is -2.20. The van der Waals surface area contributed by atoms with Gasteiger partial charge in [0.25, 0.3) is 0 Å². The van der Waals surface area contributed by atoms with E-state index in [0.29, 0.717) is 57.9 Å². The van der Waals surface area contributed by atoms with Crippen LogP contribution in [0.5, 0.6) is 17.2 Å². The molecule has 0 aliphatic carbocycles. The molecule has 0 saturated carbocycles. The molecule has 1 aliphatic heterocycles. The molecule has 3 aromatic carbocycles. The van der Waals surface area contributed by atoms with Crippen LogP contribution in [0.25, 0.3) is 6.08 Å². The van der Waals surface area contributed by atoms with E-state index >= 15 is 0 Å². The molecule has 35 heavy (non-hydrogen) atoms. The van der Waals surface area contributed by atoms with Crippen molar-refractivity contribution in [1.82, 2.24) is 0 Å². The van der Waals surface area contributed by atoms with Gasteiger partial charge in [-0.3, -0.25) is 9.59 Å². The Morgan fingerprint density at radius 3 is 2.57 bits per heavy atom. The molecule has 0 fully saturated rings. The first-order chi connectivity index (χ1) is 16.9. The largest absolute Gasteiger partial charge is 0.493 e. The lowest BCUT2D eigenvalue weighted by molar-refractivity contribution is -0.139. The first-order valence-corrected chi connectivity index (χ1v) is 12.1. The zero-order valence-corrected chi connectivity index (χ0v) is 20.4. The number of fused-ring (bicyclic) bond motifs is 1. The molecule has 5 nitrogen and oxygen atoms in total. The monoisotopic (exact) mass is 510 g/mol. The zero-order valence-electron chi connectivity index (χ0n) is 18.9. The minimum atomic E-state index is -0.906. The van der Waals surface area contributed by atoms with Gasteiger partial charge in [-0.15, -0.1) is 0 Å². The van der Waals surface area contributed by atoms with Gasteiger partial charge in [-0.25, -0.2) is 0 Å². The predicted molar refractivity (Wildman–Crippen MR) is 137 cm³/mol. The summed E-state index contributed by atoms with van der Waals surface area (Å²) in [5.74, 6) is -0.170. The van der Waals surface area contributed by atoms with E-state index in [-0.39, 0.29) is 5.78 Å². The minimum Gasteiger partial charge on any atom is -0.493 e. The van der Waals surface area contributed by atoms with E-state index in [9.17, 15) is 14.7 Å². The third-order valence-electron chi connectivity index (χ3n) is 5.78. The lowest BCUT2D eigenvalue weighted by Gasteiger charge is -2.24. The Morgan fingerprint density at radius 1 is 1.06 bits per heavy atom. The molecule has 1 unspecified atom stereocenters. The molecule has 0 radical (unpaired) electrons. The fourth-order valence-corrected chi connectivity index (χ4v) is 4.32. The zero-order chi connectivity index (χ0) is 24.8. The third kappa shape index (κ3) is 6.24. The number of hydrogen-bond acceptors (Lipinski definition) is 4. The minimum absolute atomic E-state index is 0.0580. The van der Waals surface area contributed by atoms with Crippen LogP contribution >= 0.6 is 23.2 Å². The van der Waals surface area contributed by atoms with Crippen LogP contribution in [-0.2, 0) is 4.79 Å². The number of unbranched alkanes of at least 4 members (excludes halogenated alkanes) is 1. The summed E-state index contributed by atoms with van der Waals surface area (Å²) in [4.78, 5) is 24.0. The topological polar surface area (TPSA) is 72.8 Å². The van der Waals surface area contributed by atoms with Gasteiger partial charge in [0, 0.05) is 28.6 Å². The average Bonchev–Trinajstić information content (AvgIpc) is 2.85. The molecule has 4 rings (SSSR count). The number of halogens is 2. The normalized spacial score (nSPS) is 14.9. The highest BCUT2D eigenvalue weighted by molar-refractivity contribution is 6.32. The molecular weight excluding hydrogens is 487 g/mol. The quantitative estimate of drug-likeness (QED) is 0.234. The highest BCUT2D eigenvalue weighted by Crippen LogP contribution is 2.41. The van der Waals surface area contributed by atoms with Crippen LogP contribution in [0.15, 0.2) is 66.7 Å². The van der Waals surface area contributed by atoms with E-state index in [1.165, 1.54) is 0 Å². The summed E-state index contributed by atoms with van der Waals surface area (Å²) in [6.07, 6.45) is 6.34. The van der Waals surface area contributed by atoms with Gasteiger partial charge < -0.3 is 14.6 Å². The van der Waals surface area contributed by atoms with Crippen molar-refractivity contribution >= 4 is 41.0 Å². The lowest BCUT2D eigenvalue weighted by atomic mass is 9.93. The molecular formula is C28H24Cl2O5. The number of aliphatic carboxylic acids is 1. The van der Waals surface area contributed by atoms with Crippen molar-refractivity contribution in [3.63, 3.8) is 0 Å². The van der Waals surface area contributed by atoms with E-state index < -0.39 is 11.9 Å². The van der Waals surface area contributed by atoms with Gasteiger partial charge in [0.1, 0.15) is 17.2 Å². The number of hydrogen-bond donors (Lipinski definition) is 1. The standard InChI is InChI=1S/C28H24Cl2O5/c29-23-8-5-4-7-18(23)6-2-1-3-9-25(31)19-10-12-20(13-11-19)35-27-17-26-22(16-24(27)30)21(28(32)33)14-15-34-26/h2,4-8,10-13,16-17,21H,1,3,9,14-15H2,(H,32,33)/b6-2-. The highest BCUT2D eigenvalue weighted by Gasteiger charge is 2.29. The summed E-state index contributed by atoms with van der Waals surface area (Å²) < 4.78 is 11.5. The van der Waals surface area contributed by atoms with Gasteiger partial charge >= 0.3 is 5.97 Å². The van der Waals surface area contributed by atoms with Crippen molar-refractivity contribution in [2.24, 2.45) is 0 Å². The number of carbonyl (C=O) groups is 2. The second kappa shape index (κ2) is 11.4. The number of benzene rings is 3. The summed E-state index contributed by atoms with van der Waals surface area (Å²) in [7, 11) is 0. The van der Waals surface area contributed by atoms with Crippen LogP contribution in [-0.4, -0.2) is 23.5 Å². The number of rotatable bonds is 9. The molecule has 1 atom stereocenters. The number of carboxylic acids is 1. The number of ether oxygens (including phenoxy) is 2. The van der Waals surface area contributed by atoms with Crippen LogP contribution in [0.4, 0.5) is 0 Å². The first kappa shape index (κ1) is 24.8. The van der Waals surface area contributed by atoms with Crippen LogP contribution in [0.1, 0.15) is 53.1 Å². The van der Waals surface area contributed by atoms with Crippen LogP contribution in [0.3, 0.4) is 0 Å². The van der Waals surface area contributed by atoms with Crippen LogP contribution < -0.4 is 9.47 Å². The Balaban J connectivity index is 1.33. The fraction of sp³-hybridized carbons (Fsp3) is 0.214. The number of Topliss-reactive ketones (excluding diaryl/α,β-unsaturated/α-hetero) is 1. The molecule has 0 bridgehead atoms. The maximum atomic E-state index is 12.5. The fourth-order valence-electron chi connectivity index (χ4n) is 3.91. The van der Waals surface area contributed by atoms with Gasteiger partial charge in [0.05, 0.1) is 17.5 Å². The number of carboxylic acid groups (broad SMARTS) is 1. The molecule has 1 heterocycles. The Kier molecular flexibility index (Phi) is 8.11. The summed E-state index contributed by atoms with van der Waals surface area (Å²) in [5, 5.41) is 10.4. The van der Waals surface area contributed by atoms with Gasteiger partial charge in [0.15, 0.2) is 5.78 Å². The summed E-state index contributed by atoms with van der Waals surface area (Å²) >= 11 is 12.5. The SMILES string of the molecule is O=C(CCC/C=C\c1ccccc1Cl)c1ccc(Oc2cc3c(cc2Cl)C(C(=O)O)CCO3)cc1.